The fourth-order valence-corrected chi connectivity index (χ4v) is 2.71. The molecule has 0 saturated carbocycles. The standard InChI is InChI=1S/C12H16O9/c1-17-9(14)6-7(10(15)18-2)12(11(16)19-3)20-4-5(21-12)8(6)13/h5-8,13H,4H2,1-3H3. The lowest BCUT2D eigenvalue weighted by atomic mass is 9.78. The number of ether oxygens (including phenoxy) is 5. The van der Waals surface area contributed by atoms with E-state index in [9.17, 15) is 19.5 Å². The summed E-state index contributed by atoms with van der Waals surface area (Å²) in [5, 5.41) is 10.2. The van der Waals surface area contributed by atoms with Gasteiger partial charge in [-0.3, -0.25) is 9.59 Å². The van der Waals surface area contributed by atoms with E-state index in [1.165, 1.54) is 0 Å². The van der Waals surface area contributed by atoms with Crippen LogP contribution in [0.15, 0.2) is 0 Å². The highest BCUT2D eigenvalue weighted by molar-refractivity contribution is 5.91. The van der Waals surface area contributed by atoms with Crippen LogP contribution in [0.1, 0.15) is 0 Å². The van der Waals surface area contributed by atoms with Crippen LogP contribution in [0.3, 0.4) is 0 Å². The SMILES string of the molecule is COC(=O)C1C(O)C2COC(C(=O)OC)(O2)C1C(=O)OC. The second kappa shape index (κ2) is 5.58. The van der Waals surface area contributed by atoms with E-state index in [2.05, 4.69) is 14.2 Å². The van der Waals surface area contributed by atoms with Crippen molar-refractivity contribution in [1.82, 2.24) is 0 Å². The van der Waals surface area contributed by atoms with Gasteiger partial charge in [0.15, 0.2) is 0 Å². The van der Waals surface area contributed by atoms with Gasteiger partial charge in [0.1, 0.15) is 17.9 Å². The molecule has 5 atom stereocenters. The summed E-state index contributed by atoms with van der Waals surface area (Å²) in [6.45, 7) is -0.169. The Morgan fingerprint density at radius 3 is 2.24 bits per heavy atom. The highest BCUT2D eigenvalue weighted by atomic mass is 16.8. The summed E-state index contributed by atoms with van der Waals surface area (Å²) in [6, 6.07) is 0. The van der Waals surface area contributed by atoms with E-state index in [4.69, 9.17) is 9.47 Å². The van der Waals surface area contributed by atoms with Crippen LogP contribution < -0.4 is 0 Å². The Hall–Kier alpha value is -1.71. The predicted octanol–water partition coefficient (Wildman–Crippen LogP) is -1.78. The molecule has 9 heteroatoms. The van der Waals surface area contributed by atoms with Gasteiger partial charge in [-0.15, -0.1) is 0 Å². The quantitative estimate of drug-likeness (QED) is 0.477. The van der Waals surface area contributed by atoms with Crippen molar-refractivity contribution in [1.29, 1.82) is 0 Å². The normalized spacial score (nSPS) is 37.7. The van der Waals surface area contributed by atoms with Crippen LogP contribution >= 0.6 is 0 Å². The van der Waals surface area contributed by atoms with Gasteiger partial charge in [0.05, 0.1) is 34.0 Å². The molecule has 118 valence electrons. The Kier molecular flexibility index (Phi) is 4.17. The number of fused-ring (bicyclic) bond motifs is 2. The summed E-state index contributed by atoms with van der Waals surface area (Å²) in [7, 11) is 3.27. The minimum absolute atomic E-state index is 0.169. The molecule has 0 aromatic rings. The molecule has 0 aromatic carbocycles. The molecule has 0 aliphatic carbocycles. The van der Waals surface area contributed by atoms with E-state index in [0.29, 0.717) is 0 Å². The van der Waals surface area contributed by atoms with Crippen LogP contribution in [-0.2, 0) is 38.1 Å². The summed E-state index contributed by atoms with van der Waals surface area (Å²) in [4.78, 5) is 36.0. The molecule has 5 unspecified atom stereocenters. The largest absolute Gasteiger partial charge is 0.469 e. The Bertz CT molecular complexity index is 462. The first kappa shape index (κ1) is 15.7. The zero-order chi connectivity index (χ0) is 15.8. The minimum atomic E-state index is -2.12. The van der Waals surface area contributed by atoms with Crippen molar-refractivity contribution in [3.05, 3.63) is 0 Å². The van der Waals surface area contributed by atoms with Crippen molar-refractivity contribution in [2.45, 2.75) is 18.0 Å². The molecule has 2 aliphatic rings. The Morgan fingerprint density at radius 1 is 1.10 bits per heavy atom. The first-order valence-electron chi connectivity index (χ1n) is 6.16. The van der Waals surface area contributed by atoms with Crippen LogP contribution in [0.2, 0.25) is 0 Å². The lowest BCUT2D eigenvalue weighted by Crippen LogP contribution is -2.62. The van der Waals surface area contributed by atoms with Crippen molar-refractivity contribution in [3.8, 4) is 0 Å². The Balaban J connectivity index is 2.52. The van der Waals surface area contributed by atoms with E-state index >= 15 is 0 Å². The molecule has 9 nitrogen and oxygen atoms in total. The number of aliphatic hydroxyl groups excluding tert-OH is 1. The van der Waals surface area contributed by atoms with Crippen LogP contribution in [0, 0.1) is 11.8 Å². The van der Waals surface area contributed by atoms with Gasteiger partial charge >= 0.3 is 17.9 Å². The molecular formula is C12H16O9. The first-order chi connectivity index (χ1) is 9.92. The fraction of sp³-hybridized carbons (Fsp3) is 0.750. The van der Waals surface area contributed by atoms with Gasteiger partial charge in [-0.1, -0.05) is 0 Å². The second-order valence-corrected chi connectivity index (χ2v) is 4.67. The molecule has 2 bridgehead atoms. The number of hydrogen-bond acceptors (Lipinski definition) is 9. The van der Waals surface area contributed by atoms with Gasteiger partial charge in [0.2, 0.25) is 0 Å². The summed E-state index contributed by atoms with van der Waals surface area (Å²) in [5.41, 5.74) is 0. The van der Waals surface area contributed by atoms with E-state index in [-0.39, 0.29) is 6.61 Å². The third kappa shape index (κ3) is 2.17. The summed E-state index contributed by atoms with van der Waals surface area (Å²) < 4.78 is 24.4. The molecule has 0 spiro atoms. The lowest BCUT2D eigenvalue weighted by molar-refractivity contribution is -0.264. The number of rotatable bonds is 3. The van der Waals surface area contributed by atoms with Crippen molar-refractivity contribution < 1.29 is 43.2 Å². The summed E-state index contributed by atoms with van der Waals surface area (Å²) in [5.74, 6) is -7.81. The van der Waals surface area contributed by atoms with E-state index in [1.54, 1.807) is 0 Å². The third-order valence-electron chi connectivity index (χ3n) is 3.70. The van der Waals surface area contributed by atoms with Gasteiger partial charge in [0.25, 0.3) is 5.79 Å². The molecule has 2 aliphatic heterocycles. The number of esters is 3. The number of hydrogen-bond donors (Lipinski definition) is 1. The molecule has 1 N–H and O–H groups in total. The molecule has 2 saturated heterocycles. The molecule has 0 aromatic heterocycles. The summed E-state index contributed by atoms with van der Waals surface area (Å²) in [6.07, 6.45) is -2.32. The van der Waals surface area contributed by atoms with Crippen LogP contribution in [-0.4, -0.2) is 68.9 Å². The lowest BCUT2D eigenvalue weighted by Gasteiger charge is -2.40. The molecule has 2 rings (SSSR count). The fourth-order valence-electron chi connectivity index (χ4n) is 2.71. The zero-order valence-electron chi connectivity index (χ0n) is 11.7. The van der Waals surface area contributed by atoms with Crippen LogP contribution in [0.25, 0.3) is 0 Å². The van der Waals surface area contributed by atoms with E-state index < -0.39 is 47.7 Å². The van der Waals surface area contributed by atoms with Gasteiger partial charge in [-0.2, -0.15) is 0 Å². The smallest absolute Gasteiger partial charge is 0.367 e. The average Bonchev–Trinajstić information content (AvgIpc) is 2.90. The minimum Gasteiger partial charge on any atom is -0.469 e. The molecule has 0 radical (unpaired) electrons. The second-order valence-electron chi connectivity index (χ2n) is 4.67. The first-order valence-corrected chi connectivity index (χ1v) is 6.16. The Morgan fingerprint density at radius 2 is 1.71 bits per heavy atom. The number of aliphatic hydroxyl groups is 1. The molecule has 21 heavy (non-hydrogen) atoms. The molecule has 2 fully saturated rings. The summed E-state index contributed by atoms with van der Waals surface area (Å²) >= 11 is 0. The molecule has 0 amide bonds. The maximum absolute atomic E-state index is 12.0. The van der Waals surface area contributed by atoms with Gasteiger partial charge in [-0.25, -0.2) is 4.79 Å². The topological polar surface area (TPSA) is 118 Å². The highest BCUT2D eigenvalue weighted by Gasteiger charge is 2.69. The predicted molar refractivity (Wildman–Crippen MR) is 62.6 cm³/mol. The van der Waals surface area contributed by atoms with Crippen LogP contribution in [0.4, 0.5) is 0 Å². The van der Waals surface area contributed by atoms with Gasteiger partial charge in [-0.05, 0) is 0 Å². The maximum atomic E-state index is 12.0. The number of carbonyl (C=O) groups is 3. The highest BCUT2D eigenvalue weighted by Crippen LogP contribution is 2.46. The number of carbonyl (C=O) groups excluding carboxylic acids is 3. The van der Waals surface area contributed by atoms with Crippen molar-refractivity contribution in [3.63, 3.8) is 0 Å². The van der Waals surface area contributed by atoms with Crippen molar-refractivity contribution in [2.75, 3.05) is 27.9 Å². The van der Waals surface area contributed by atoms with Gasteiger partial charge in [0, 0.05) is 0 Å². The molecule has 2 heterocycles. The Labute approximate surface area is 120 Å². The van der Waals surface area contributed by atoms with E-state index in [1.807, 2.05) is 0 Å². The van der Waals surface area contributed by atoms with E-state index in [0.717, 1.165) is 21.3 Å². The average molecular weight is 304 g/mol. The number of methoxy groups -OCH3 is 3. The maximum Gasteiger partial charge on any atom is 0.367 e. The van der Waals surface area contributed by atoms with Crippen molar-refractivity contribution in [2.24, 2.45) is 11.8 Å². The van der Waals surface area contributed by atoms with Crippen molar-refractivity contribution >= 4 is 17.9 Å². The third-order valence-corrected chi connectivity index (χ3v) is 3.70. The monoisotopic (exact) mass is 304 g/mol. The van der Waals surface area contributed by atoms with Crippen LogP contribution in [0.5, 0.6) is 0 Å². The zero-order valence-corrected chi connectivity index (χ0v) is 11.7. The van der Waals surface area contributed by atoms with Gasteiger partial charge < -0.3 is 28.8 Å². The molecular weight excluding hydrogens is 288 g/mol.